The highest BCUT2D eigenvalue weighted by molar-refractivity contribution is 7.92. The van der Waals surface area contributed by atoms with Crippen molar-refractivity contribution in [3.8, 4) is 0 Å². The van der Waals surface area contributed by atoms with Crippen LogP contribution in [0.5, 0.6) is 0 Å². The second kappa shape index (κ2) is 7.26. The second-order valence-corrected chi connectivity index (χ2v) is 9.55. The number of carbonyl (C=O) groups is 2. The van der Waals surface area contributed by atoms with Gasteiger partial charge in [-0.25, -0.2) is 13.2 Å². The number of nitrogens with one attached hydrogen (secondary N) is 3. The van der Waals surface area contributed by atoms with Crippen molar-refractivity contribution in [3.05, 3.63) is 29.3 Å². The number of amides is 3. The van der Waals surface area contributed by atoms with E-state index < -0.39 is 15.1 Å². The first-order valence-electron chi connectivity index (χ1n) is 8.91. The third kappa shape index (κ3) is 4.17. The molecule has 3 atom stereocenters. The van der Waals surface area contributed by atoms with Gasteiger partial charge in [0.05, 0.1) is 23.1 Å². The van der Waals surface area contributed by atoms with E-state index in [9.17, 15) is 18.0 Å². The number of rotatable bonds is 6. The van der Waals surface area contributed by atoms with Gasteiger partial charge in [0.25, 0.3) is 0 Å². The van der Waals surface area contributed by atoms with Gasteiger partial charge >= 0.3 is 6.03 Å². The predicted octanol–water partition coefficient (Wildman–Crippen LogP) is 1.65. The van der Waals surface area contributed by atoms with Crippen LogP contribution in [0.25, 0.3) is 0 Å². The maximum Gasteiger partial charge on any atom is 0.315 e. The topological polar surface area (TPSA) is 104 Å². The predicted molar refractivity (Wildman–Crippen MR) is 99.8 cm³/mol. The van der Waals surface area contributed by atoms with Crippen LogP contribution in [0, 0.1) is 13.8 Å². The molecule has 8 heteroatoms. The number of benzene rings is 1. The van der Waals surface area contributed by atoms with E-state index in [1.165, 1.54) is 0 Å². The number of hydrogen-bond acceptors (Lipinski definition) is 4. The summed E-state index contributed by atoms with van der Waals surface area (Å²) in [5.74, 6) is -0.0770. The maximum atomic E-state index is 12.2. The summed E-state index contributed by atoms with van der Waals surface area (Å²) in [4.78, 5) is 23.5. The van der Waals surface area contributed by atoms with Crippen LogP contribution in [-0.2, 0) is 14.6 Å². The standard InChI is InChI=1S/C18H25N3O4S/c1-11-7-12(2)9-13(8-11)19-16(22)6-4-3-5-15-17-14(10-26(15,24)25)20-18(23)21-17/h7-9,14-15,17H,3-6,10H2,1-2H3,(H,19,22)(H2,20,21,23). The van der Waals surface area contributed by atoms with E-state index in [0.717, 1.165) is 16.8 Å². The molecular formula is C18H25N3O4S. The lowest BCUT2D eigenvalue weighted by Crippen LogP contribution is -2.39. The first-order valence-corrected chi connectivity index (χ1v) is 10.6. The fraction of sp³-hybridized carbons (Fsp3) is 0.556. The number of urea groups is 1. The Labute approximate surface area is 153 Å². The van der Waals surface area contributed by atoms with Crippen molar-refractivity contribution in [3.63, 3.8) is 0 Å². The number of carbonyl (C=O) groups excluding carboxylic acids is 2. The van der Waals surface area contributed by atoms with Gasteiger partial charge in [-0.15, -0.1) is 0 Å². The third-order valence-electron chi connectivity index (χ3n) is 4.97. The monoisotopic (exact) mass is 379 g/mol. The third-order valence-corrected chi connectivity index (χ3v) is 7.24. The second-order valence-electron chi connectivity index (χ2n) is 7.29. The van der Waals surface area contributed by atoms with E-state index in [4.69, 9.17) is 0 Å². The lowest BCUT2D eigenvalue weighted by Gasteiger charge is -2.16. The van der Waals surface area contributed by atoms with Crippen molar-refractivity contribution in [1.29, 1.82) is 0 Å². The Balaban J connectivity index is 1.46. The van der Waals surface area contributed by atoms with Crippen LogP contribution in [-0.4, -0.2) is 43.4 Å². The minimum absolute atomic E-state index is 0.00569. The van der Waals surface area contributed by atoms with Crippen molar-refractivity contribution in [2.75, 3.05) is 11.1 Å². The average Bonchev–Trinajstić information content (AvgIpc) is 2.94. The lowest BCUT2D eigenvalue weighted by molar-refractivity contribution is -0.116. The normalized spacial score (nSPS) is 26.1. The summed E-state index contributed by atoms with van der Waals surface area (Å²) in [5, 5.41) is 7.68. The van der Waals surface area contributed by atoms with E-state index in [-0.39, 0.29) is 29.8 Å². The van der Waals surface area contributed by atoms with Crippen molar-refractivity contribution >= 4 is 27.5 Å². The van der Waals surface area contributed by atoms with Gasteiger partial charge in [-0.1, -0.05) is 12.5 Å². The fourth-order valence-corrected chi connectivity index (χ4v) is 6.18. The van der Waals surface area contributed by atoms with Crippen LogP contribution in [0.1, 0.15) is 36.8 Å². The largest absolute Gasteiger partial charge is 0.332 e. The quantitative estimate of drug-likeness (QED) is 0.516. The van der Waals surface area contributed by atoms with E-state index in [2.05, 4.69) is 16.0 Å². The molecule has 0 spiro atoms. The first-order chi connectivity index (χ1) is 12.2. The van der Waals surface area contributed by atoms with Crippen LogP contribution in [0.3, 0.4) is 0 Å². The summed E-state index contributed by atoms with van der Waals surface area (Å²) < 4.78 is 24.5. The molecule has 2 aliphatic heterocycles. The Morgan fingerprint density at radius 1 is 1.15 bits per heavy atom. The summed E-state index contributed by atoms with van der Waals surface area (Å²) >= 11 is 0. The van der Waals surface area contributed by atoms with Crippen LogP contribution >= 0.6 is 0 Å². The van der Waals surface area contributed by atoms with Gasteiger partial charge in [-0.05, 0) is 49.9 Å². The van der Waals surface area contributed by atoms with Crippen molar-refractivity contribution in [2.24, 2.45) is 0 Å². The van der Waals surface area contributed by atoms with Crippen LogP contribution < -0.4 is 16.0 Å². The number of unbranched alkanes of at least 4 members (excludes halogenated alkanes) is 1. The van der Waals surface area contributed by atoms with Crippen LogP contribution in [0.4, 0.5) is 10.5 Å². The number of aryl methyl sites for hydroxylation is 2. The molecule has 2 heterocycles. The maximum absolute atomic E-state index is 12.2. The zero-order chi connectivity index (χ0) is 18.9. The van der Waals surface area contributed by atoms with Crippen LogP contribution in [0.2, 0.25) is 0 Å². The molecule has 3 unspecified atom stereocenters. The molecule has 0 aliphatic carbocycles. The minimum Gasteiger partial charge on any atom is -0.332 e. The van der Waals surface area contributed by atoms with E-state index in [0.29, 0.717) is 25.7 Å². The SMILES string of the molecule is Cc1cc(C)cc(NC(=O)CCCCC2C3NC(=O)NC3CS2(=O)=O)c1. The highest BCUT2D eigenvalue weighted by Crippen LogP contribution is 2.28. The highest BCUT2D eigenvalue weighted by Gasteiger charge is 2.51. The Hall–Kier alpha value is -2.09. The molecule has 0 saturated carbocycles. The Kier molecular flexibility index (Phi) is 5.22. The highest BCUT2D eigenvalue weighted by atomic mass is 32.2. The summed E-state index contributed by atoms with van der Waals surface area (Å²) in [7, 11) is -3.21. The molecule has 0 bridgehead atoms. The number of sulfone groups is 1. The molecular weight excluding hydrogens is 354 g/mol. The van der Waals surface area contributed by atoms with Gasteiger partial charge in [0.1, 0.15) is 0 Å². The van der Waals surface area contributed by atoms with Gasteiger partial charge in [-0.2, -0.15) is 0 Å². The fourth-order valence-electron chi connectivity index (χ4n) is 3.91. The molecule has 3 N–H and O–H groups in total. The first kappa shape index (κ1) is 18.7. The molecule has 2 saturated heterocycles. The summed E-state index contributed by atoms with van der Waals surface area (Å²) in [6.07, 6.45) is 2.05. The van der Waals surface area contributed by atoms with E-state index >= 15 is 0 Å². The molecule has 2 fully saturated rings. The Bertz CT molecular complexity index is 801. The van der Waals surface area contributed by atoms with Crippen molar-refractivity contribution in [1.82, 2.24) is 10.6 Å². The lowest BCUT2D eigenvalue weighted by atomic mass is 10.0. The van der Waals surface area contributed by atoms with Gasteiger partial charge < -0.3 is 16.0 Å². The summed E-state index contributed by atoms with van der Waals surface area (Å²) in [6, 6.07) is 4.91. The van der Waals surface area contributed by atoms with E-state index in [1.54, 1.807) is 0 Å². The average molecular weight is 379 g/mol. The van der Waals surface area contributed by atoms with Crippen molar-refractivity contribution < 1.29 is 18.0 Å². The van der Waals surface area contributed by atoms with E-state index in [1.807, 2.05) is 32.0 Å². The van der Waals surface area contributed by atoms with Crippen molar-refractivity contribution in [2.45, 2.75) is 56.9 Å². The Morgan fingerprint density at radius 2 is 1.85 bits per heavy atom. The zero-order valence-electron chi connectivity index (χ0n) is 15.0. The summed E-state index contributed by atoms with van der Waals surface area (Å²) in [5.41, 5.74) is 2.97. The molecule has 0 radical (unpaired) electrons. The number of anilines is 1. The Morgan fingerprint density at radius 3 is 2.54 bits per heavy atom. The molecule has 0 aromatic heterocycles. The van der Waals surface area contributed by atoms with Gasteiger partial charge in [-0.3, -0.25) is 4.79 Å². The zero-order valence-corrected chi connectivity index (χ0v) is 15.9. The summed E-state index contributed by atoms with van der Waals surface area (Å²) in [6.45, 7) is 3.96. The van der Waals surface area contributed by atoms with Gasteiger partial charge in [0.15, 0.2) is 9.84 Å². The van der Waals surface area contributed by atoms with Gasteiger partial charge in [0.2, 0.25) is 5.91 Å². The molecule has 3 amide bonds. The number of fused-ring (bicyclic) bond motifs is 1. The van der Waals surface area contributed by atoms with Gasteiger partial charge in [0, 0.05) is 12.1 Å². The smallest absolute Gasteiger partial charge is 0.315 e. The molecule has 1 aromatic carbocycles. The molecule has 142 valence electrons. The molecule has 7 nitrogen and oxygen atoms in total. The molecule has 26 heavy (non-hydrogen) atoms. The molecule has 1 aromatic rings. The minimum atomic E-state index is -3.21. The molecule has 3 rings (SSSR count). The molecule has 2 aliphatic rings. The number of hydrogen-bond donors (Lipinski definition) is 3. The van der Waals surface area contributed by atoms with Crippen LogP contribution in [0.15, 0.2) is 18.2 Å².